The predicted molar refractivity (Wildman–Crippen MR) is 168 cm³/mol. The fourth-order valence-corrected chi connectivity index (χ4v) is 5.04. The average Bonchev–Trinajstić information content (AvgIpc) is 3.05. The first-order valence-corrected chi connectivity index (χ1v) is 14.8. The van der Waals surface area contributed by atoms with Crippen LogP contribution in [0.3, 0.4) is 0 Å². The Balaban J connectivity index is 1.08. The summed E-state index contributed by atoms with van der Waals surface area (Å²) in [5.41, 5.74) is 3.12. The molecular weight excluding hydrogens is 562 g/mol. The molecule has 4 aromatic carbocycles. The number of halogens is 2. The highest BCUT2D eigenvalue weighted by atomic mass is 19.3. The van der Waals surface area contributed by atoms with Crippen molar-refractivity contribution in [3.05, 3.63) is 142 Å². The zero-order chi connectivity index (χ0) is 30.8. The van der Waals surface area contributed by atoms with E-state index in [9.17, 15) is 18.7 Å². The summed E-state index contributed by atoms with van der Waals surface area (Å²) in [4.78, 5) is 14.9. The van der Waals surface area contributed by atoms with Gasteiger partial charge in [0.2, 0.25) is 5.56 Å². The Morgan fingerprint density at radius 2 is 1.55 bits per heavy atom. The van der Waals surface area contributed by atoms with Gasteiger partial charge in [-0.3, -0.25) is 4.79 Å². The fraction of sp³-hybridized carbons (Fsp3) is 0.250. The van der Waals surface area contributed by atoms with Gasteiger partial charge in [-0.1, -0.05) is 78.9 Å². The second-order valence-electron chi connectivity index (χ2n) is 10.7. The first-order chi connectivity index (χ1) is 21.4. The van der Waals surface area contributed by atoms with E-state index in [1.165, 1.54) is 18.2 Å². The smallest absolute Gasteiger partial charge is 0.273 e. The molecule has 6 nitrogen and oxygen atoms in total. The highest BCUT2D eigenvalue weighted by Gasteiger charge is 2.30. The molecule has 228 valence electrons. The SMILES string of the molecule is O=c1ccc2c([C@H](O)CNCCc3ccc(OCCCC(F)(F)c4ccccc4)cc3)ccc(OCc3ccccc3)c2[nH]1. The number of aliphatic hydroxyl groups excluding tert-OH is 1. The van der Waals surface area contributed by atoms with Gasteiger partial charge in [0.15, 0.2) is 0 Å². The number of ether oxygens (including phenoxy) is 2. The van der Waals surface area contributed by atoms with Gasteiger partial charge < -0.3 is 24.9 Å². The Morgan fingerprint density at radius 1 is 0.818 bits per heavy atom. The number of pyridine rings is 1. The molecule has 0 spiro atoms. The second kappa shape index (κ2) is 14.8. The zero-order valence-corrected chi connectivity index (χ0v) is 24.3. The number of benzene rings is 4. The number of alkyl halides is 2. The van der Waals surface area contributed by atoms with Crippen molar-refractivity contribution in [2.24, 2.45) is 0 Å². The quantitative estimate of drug-likeness (QED) is 0.114. The number of nitrogens with one attached hydrogen (secondary N) is 2. The normalized spacial score (nSPS) is 12.2. The molecular formula is C36H36F2N2O4. The van der Waals surface area contributed by atoms with Crippen LogP contribution in [-0.4, -0.2) is 29.8 Å². The van der Waals surface area contributed by atoms with Crippen LogP contribution >= 0.6 is 0 Å². The zero-order valence-electron chi connectivity index (χ0n) is 24.3. The maximum atomic E-state index is 14.3. The summed E-state index contributed by atoms with van der Waals surface area (Å²) >= 11 is 0. The van der Waals surface area contributed by atoms with Crippen LogP contribution in [0.15, 0.2) is 114 Å². The number of aromatic amines is 1. The van der Waals surface area contributed by atoms with Crippen molar-refractivity contribution < 1.29 is 23.4 Å². The van der Waals surface area contributed by atoms with Crippen LogP contribution in [0.1, 0.15) is 41.2 Å². The Labute approximate surface area is 255 Å². The fourth-order valence-electron chi connectivity index (χ4n) is 5.04. The van der Waals surface area contributed by atoms with Crippen molar-refractivity contribution in [1.29, 1.82) is 0 Å². The van der Waals surface area contributed by atoms with Crippen molar-refractivity contribution in [2.75, 3.05) is 19.7 Å². The van der Waals surface area contributed by atoms with Gasteiger partial charge in [0, 0.05) is 30.0 Å². The van der Waals surface area contributed by atoms with Crippen LogP contribution in [0.2, 0.25) is 0 Å². The summed E-state index contributed by atoms with van der Waals surface area (Å²) in [6.07, 6.45) is -0.0926. The van der Waals surface area contributed by atoms with Crippen molar-refractivity contribution in [1.82, 2.24) is 10.3 Å². The minimum absolute atomic E-state index is 0.0252. The predicted octanol–water partition coefficient (Wildman–Crippen LogP) is 6.92. The molecule has 1 atom stereocenters. The van der Waals surface area contributed by atoms with E-state index < -0.39 is 12.0 Å². The molecule has 44 heavy (non-hydrogen) atoms. The molecule has 8 heteroatoms. The number of hydrogen-bond acceptors (Lipinski definition) is 5. The number of aliphatic hydroxyl groups is 1. The third kappa shape index (κ3) is 8.30. The maximum absolute atomic E-state index is 14.3. The van der Waals surface area contributed by atoms with Gasteiger partial charge >= 0.3 is 0 Å². The monoisotopic (exact) mass is 598 g/mol. The molecule has 0 saturated carbocycles. The summed E-state index contributed by atoms with van der Waals surface area (Å²) in [5.74, 6) is -1.69. The van der Waals surface area contributed by atoms with Crippen LogP contribution in [0.25, 0.3) is 10.9 Å². The van der Waals surface area contributed by atoms with E-state index in [-0.39, 0.29) is 30.6 Å². The number of fused-ring (bicyclic) bond motifs is 1. The Hall–Kier alpha value is -4.53. The number of aromatic nitrogens is 1. The van der Waals surface area contributed by atoms with E-state index >= 15 is 0 Å². The van der Waals surface area contributed by atoms with E-state index in [4.69, 9.17) is 9.47 Å². The van der Waals surface area contributed by atoms with Crippen LogP contribution in [0.4, 0.5) is 8.78 Å². The van der Waals surface area contributed by atoms with Crippen molar-refractivity contribution in [3.8, 4) is 11.5 Å². The van der Waals surface area contributed by atoms with Crippen LogP contribution in [0.5, 0.6) is 11.5 Å². The Morgan fingerprint density at radius 3 is 2.30 bits per heavy atom. The first kappa shape index (κ1) is 30.9. The summed E-state index contributed by atoms with van der Waals surface area (Å²) in [5, 5.41) is 15.0. The van der Waals surface area contributed by atoms with Gasteiger partial charge in [-0.2, -0.15) is 0 Å². The molecule has 0 fully saturated rings. The molecule has 5 aromatic rings. The van der Waals surface area contributed by atoms with Gasteiger partial charge in [0.25, 0.3) is 5.92 Å². The van der Waals surface area contributed by atoms with Crippen molar-refractivity contribution in [3.63, 3.8) is 0 Å². The molecule has 3 N–H and O–H groups in total. The maximum Gasteiger partial charge on any atom is 0.273 e. The van der Waals surface area contributed by atoms with Gasteiger partial charge in [-0.05, 0) is 60.3 Å². The molecule has 1 heterocycles. The Kier molecular flexibility index (Phi) is 10.4. The molecule has 0 aliphatic carbocycles. The number of rotatable bonds is 15. The molecule has 0 amide bonds. The largest absolute Gasteiger partial charge is 0.494 e. The summed E-state index contributed by atoms with van der Waals surface area (Å²) in [6, 6.07) is 32.0. The Bertz CT molecular complexity index is 1680. The topological polar surface area (TPSA) is 83.6 Å². The van der Waals surface area contributed by atoms with E-state index in [0.29, 0.717) is 42.3 Å². The van der Waals surface area contributed by atoms with Gasteiger partial charge in [-0.15, -0.1) is 0 Å². The lowest BCUT2D eigenvalue weighted by molar-refractivity contribution is -0.0180. The van der Waals surface area contributed by atoms with Crippen molar-refractivity contribution >= 4 is 10.9 Å². The van der Waals surface area contributed by atoms with Crippen LogP contribution < -0.4 is 20.3 Å². The molecule has 0 aliphatic rings. The minimum atomic E-state index is -2.87. The van der Waals surface area contributed by atoms with Crippen LogP contribution in [0, 0.1) is 0 Å². The lowest BCUT2D eigenvalue weighted by Crippen LogP contribution is -2.24. The standard InChI is InChI=1S/C36H36F2N2O4/c37-36(38,28-10-5-2-6-11-28)21-7-23-43-29-14-12-26(13-15-29)20-22-39-24-32(41)30-16-18-33(35-31(30)17-19-34(42)40-35)44-25-27-8-3-1-4-9-27/h1-6,8-19,32,39,41H,7,20-25H2,(H,40,42)/t32-/m1/s1. The lowest BCUT2D eigenvalue weighted by atomic mass is 10.0. The van der Waals surface area contributed by atoms with E-state index in [1.54, 1.807) is 30.3 Å². The molecule has 0 aliphatic heterocycles. The van der Waals surface area contributed by atoms with E-state index in [1.807, 2.05) is 60.7 Å². The first-order valence-electron chi connectivity index (χ1n) is 14.8. The molecule has 5 rings (SSSR count). The number of H-pyrrole nitrogens is 1. The lowest BCUT2D eigenvalue weighted by Gasteiger charge is -2.17. The van der Waals surface area contributed by atoms with Gasteiger partial charge in [0.1, 0.15) is 18.1 Å². The third-order valence-corrected chi connectivity index (χ3v) is 7.44. The van der Waals surface area contributed by atoms with Crippen LogP contribution in [-0.2, 0) is 19.0 Å². The highest BCUT2D eigenvalue weighted by Crippen LogP contribution is 2.33. The molecule has 1 aromatic heterocycles. The summed E-state index contributed by atoms with van der Waals surface area (Å²) < 4.78 is 40.3. The minimum Gasteiger partial charge on any atom is -0.494 e. The van der Waals surface area contributed by atoms with Gasteiger partial charge in [0.05, 0.1) is 18.2 Å². The van der Waals surface area contributed by atoms with E-state index in [2.05, 4.69) is 10.3 Å². The summed E-state index contributed by atoms with van der Waals surface area (Å²) in [6.45, 7) is 1.53. The number of hydrogen-bond donors (Lipinski definition) is 3. The molecule has 0 radical (unpaired) electrons. The highest BCUT2D eigenvalue weighted by molar-refractivity contribution is 5.87. The van der Waals surface area contributed by atoms with Gasteiger partial charge in [-0.25, -0.2) is 8.78 Å². The molecule has 0 saturated heterocycles. The summed E-state index contributed by atoms with van der Waals surface area (Å²) in [7, 11) is 0. The second-order valence-corrected chi connectivity index (χ2v) is 10.7. The average molecular weight is 599 g/mol. The van der Waals surface area contributed by atoms with E-state index in [0.717, 1.165) is 22.9 Å². The third-order valence-electron chi connectivity index (χ3n) is 7.44. The molecule has 0 unspecified atom stereocenters. The van der Waals surface area contributed by atoms with Crippen molar-refractivity contribution in [2.45, 2.75) is 37.9 Å². The molecule has 0 bridgehead atoms.